The van der Waals surface area contributed by atoms with Gasteiger partial charge in [0.05, 0.1) is 18.2 Å². The van der Waals surface area contributed by atoms with Gasteiger partial charge in [-0.05, 0) is 38.7 Å². The molecule has 2 aromatic rings. The molecule has 1 atom stereocenters. The summed E-state index contributed by atoms with van der Waals surface area (Å²) < 4.78 is 4.92. The Labute approximate surface area is 155 Å². The molecule has 0 aliphatic rings. The van der Waals surface area contributed by atoms with E-state index >= 15 is 0 Å². The van der Waals surface area contributed by atoms with Crippen LogP contribution in [-0.2, 0) is 4.74 Å². The molecule has 6 heteroatoms. The van der Waals surface area contributed by atoms with Crippen LogP contribution >= 0.6 is 0 Å². The number of hydrogen-bond donors (Lipinski definition) is 2. The number of ether oxygens (including phenoxy) is 1. The number of carbonyl (C=O) groups excluding carboxylic acids is 1. The highest BCUT2D eigenvalue weighted by Crippen LogP contribution is 2.19. The molecule has 0 bridgehead atoms. The maximum absolute atomic E-state index is 12.0. The van der Waals surface area contributed by atoms with Crippen LogP contribution in [0.3, 0.4) is 0 Å². The maximum atomic E-state index is 12.0. The smallest absolute Gasteiger partial charge is 0.252 e. The minimum Gasteiger partial charge on any atom is -0.383 e. The molecule has 0 aliphatic heterocycles. The predicted octanol–water partition coefficient (Wildman–Crippen LogP) is 2.48. The molecule has 0 fully saturated rings. The van der Waals surface area contributed by atoms with Crippen LogP contribution in [0.15, 0.2) is 42.6 Å². The lowest BCUT2D eigenvalue weighted by molar-refractivity contribution is 0.0937. The zero-order valence-electron chi connectivity index (χ0n) is 16.0. The molecule has 0 radical (unpaired) electrons. The zero-order valence-corrected chi connectivity index (χ0v) is 16.0. The lowest BCUT2D eigenvalue weighted by atomic mass is 10.0. The molecule has 1 aromatic heterocycles. The van der Waals surface area contributed by atoms with Crippen molar-refractivity contribution in [3.63, 3.8) is 0 Å². The Morgan fingerprint density at radius 1 is 1.19 bits per heavy atom. The largest absolute Gasteiger partial charge is 0.383 e. The maximum Gasteiger partial charge on any atom is 0.252 e. The van der Waals surface area contributed by atoms with E-state index in [0.29, 0.717) is 18.7 Å². The highest BCUT2D eigenvalue weighted by Gasteiger charge is 2.14. The lowest BCUT2D eigenvalue weighted by Gasteiger charge is -2.25. The standard InChI is InChI=1S/C20H28N4O2/c1-15-5-7-16(8-6-15)18(24(2)3)14-23-19-10-9-17(13-22-19)20(25)21-11-12-26-4/h5-10,13,18H,11-12,14H2,1-4H3,(H,21,25)(H,22,23). The summed E-state index contributed by atoms with van der Waals surface area (Å²) in [7, 11) is 5.73. The van der Waals surface area contributed by atoms with E-state index in [1.54, 1.807) is 19.4 Å². The number of aryl methyl sites for hydroxylation is 1. The molecule has 2 rings (SSSR count). The number of pyridine rings is 1. The number of likely N-dealkylation sites (N-methyl/N-ethyl adjacent to an activating group) is 1. The van der Waals surface area contributed by atoms with E-state index in [1.807, 2.05) is 6.07 Å². The van der Waals surface area contributed by atoms with Gasteiger partial charge in [0.15, 0.2) is 0 Å². The van der Waals surface area contributed by atoms with E-state index in [-0.39, 0.29) is 11.9 Å². The van der Waals surface area contributed by atoms with Gasteiger partial charge in [-0.3, -0.25) is 4.79 Å². The molecule has 26 heavy (non-hydrogen) atoms. The number of methoxy groups -OCH3 is 1. The van der Waals surface area contributed by atoms with Crippen molar-refractivity contribution in [3.05, 3.63) is 59.3 Å². The Kier molecular flexibility index (Phi) is 7.56. The third-order valence-corrected chi connectivity index (χ3v) is 4.18. The van der Waals surface area contributed by atoms with E-state index < -0.39 is 0 Å². The molecule has 2 N–H and O–H groups in total. The molecule has 1 amide bonds. The van der Waals surface area contributed by atoms with Gasteiger partial charge in [-0.15, -0.1) is 0 Å². The van der Waals surface area contributed by atoms with Crippen molar-refractivity contribution < 1.29 is 9.53 Å². The van der Waals surface area contributed by atoms with Crippen LogP contribution in [0.5, 0.6) is 0 Å². The summed E-state index contributed by atoms with van der Waals surface area (Å²) in [5, 5.41) is 6.13. The van der Waals surface area contributed by atoms with Gasteiger partial charge >= 0.3 is 0 Å². The second kappa shape index (κ2) is 9.89. The Morgan fingerprint density at radius 3 is 2.50 bits per heavy atom. The zero-order chi connectivity index (χ0) is 18.9. The van der Waals surface area contributed by atoms with Crippen molar-refractivity contribution in [2.75, 3.05) is 46.2 Å². The molecule has 140 valence electrons. The van der Waals surface area contributed by atoms with Crippen LogP contribution in [-0.4, -0.2) is 56.7 Å². The lowest BCUT2D eigenvalue weighted by Crippen LogP contribution is -2.28. The predicted molar refractivity (Wildman–Crippen MR) is 105 cm³/mol. The van der Waals surface area contributed by atoms with Crippen molar-refractivity contribution in [2.24, 2.45) is 0 Å². The topological polar surface area (TPSA) is 66.5 Å². The Balaban J connectivity index is 1.95. The summed E-state index contributed by atoms with van der Waals surface area (Å²) in [4.78, 5) is 18.5. The van der Waals surface area contributed by atoms with Crippen molar-refractivity contribution >= 4 is 11.7 Å². The molecule has 1 aromatic carbocycles. The van der Waals surface area contributed by atoms with Crippen LogP contribution in [0.2, 0.25) is 0 Å². The number of benzene rings is 1. The number of carbonyl (C=O) groups is 1. The fourth-order valence-electron chi connectivity index (χ4n) is 2.59. The van der Waals surface area contributed by atoms with Crippen molar-refractivity contribution in [2.45, 2.75) is 13.0 Å². The van der Waals surface area contributed by atoms with Gasteiger partial charge < -0.3 is 20.3 Å². The van der Waals surface area contributed by atoms with Gasteiger partial charge in [-0.1, -0.05) is 29.8 Å². The molecule has 1 heterocycles. The second-order valence-electron chi connectivity index (χ2n) is 6.45. The molecular weight excluding hydrogens is 328 g/mol. The minimum atomic E-state index is -0.146. The molecule has 0 spiro atoms. The number of rotatable bonds is 9. The quantitative estimate of drug-likeness (QED) is 0.676. The fourth-order valence-corrected chi connectivity index (χ4v) is 2.59. The average molecular weight is 356 g/mol. The number of amides is 1. The van der Waals surface area contributed by atoms with Crippen molar-refractivity contribution in [1.29, 1.82) is 0 Å². The van der Waals surface area contributed by atoms with Crippen LogP contribution < -0.4 is 10.6 Å². The van der Waals surface area contributed by atoms with Gasteiger partial charge in [0, 0.05) is 26.4 Å². The number of nitrogens with one attached hydrogen (secondary N) is 2. The van der Waals surface area contributed by atoms with Gasteiger partial charge in [0.25, 0.3) is 5.91 Å². The number of hydrogen-bond acceptors (Lipinski definition) is 5. The van der Waals surface area contributed by atoms with Gasteiger partial charge in [0.2, 0.25) is 0 Å². The SMILES string of the molecule is COCCNC(=O)c1ccc(NCC(c2ccc(C)cc2)N(C)C)nc1. The minimum absolute atomic E-state index is 0.146. The normalized spacial score (nSPS) is 12.0. The van der Waals surface area contributed by atoms with Crippen molar-refractivity contribution in [1.82, 2.24) is 15.2 Å². The Morgan fingerprint density at radius 2 is 1.92 bits per heavy atom. The Bertz CT molecular complexity index is 684. The summed E-state index contributed by atoms with van der Waals surface area (Å²) in [6.45, 7) is 3.78. The summed E-state index contributed by atoms with van der Waals surface area (Å²) in [6, 6.07) is 12.4. The van der Waals surface area contributed by atoms with E-state index in [1.165, 1.54) is 11.1 Å². The number of aromatic nitrogens is 1. The molecule has 0 aliphatic carbocycles. The monoisotopic (exact) mass is 356 g/mol. The van der Waals surface area contributed by atoms with E-state index in [0.717, 1.165) is 12.4 Å². The summed E-state index contributed by atoms with van der Waals surface area (Å²) in [5.74, 6) is 0.601. The summed E-state index contributed by atoms with van der Waals surface area (Å²) in [5.41, 5.74) is 3.04. The second-order valence-corrected chi connectivity index (χ2v) is 6.45. The molecule has 1 unspecified atom stereocenters. The first-order valence-corrected chi connectivity index (χ1v) is 8.71. The molecule has 6 nitrogen and oxygen atoms in total. The van der Waals surface area contributed by atoms with Crippen LogP contribution in [0.25, 0.3) is 0 Å². The third kappa shape index (κ3) is 5.82. The Hall–Kier alpha value is -2.44. The van der Waals surface area contributed by atoms with Crippen LogP contribution in [0.4, 0.5) is 5.82 Å². The molecule has 0 saturated heterocycles. The fraction of sp³-hybridized carbons (Fsp3) is 0.400. The highest BCUT2D eigenvalue weighted by molar-refractivity contribution is 5.94. The first kappa shape index (κ1) is 19.9. The van der Waals surface area contributed by atoms with E-state index in [2.05, 4.69) is 65.8 Å². The summed E-state index contributed by atoms with van der Waals surface area (Å²) >= 11 is 0. The first-order valence-electron chi connectivity index (χ1n) is 8.71. The van der Waals surface area contributed by atoms with Crippen LogP contribution in [0, 0.1) is 6.92 Å². The first-order chi connectivity index (χ1) is 12.5. The molecule has 0 saturated carbocycles. The highest BCUT2D eigenvalue weighted by atomic mass is 16.5. The summed E-state index contributed by atoms with van der Waals surface area (Å²) in [6.07, 6.45) is 1.58. The number of anilines is 1. The van der Waals surface area contributed by atoms with Crippen molar-refractivity contribution in [3.8, 4) is 0 Å². The van der Waals surface area contributed by atoms with Crippen LogP contribution in [0.1, 0.15) is 27.5 Å². The van der Waals surface area contributed by atoms with E-state index in [4.69, 9.17) is 4.74 Å². The average Bonchev–Trinajstić information content (AvgIpc) is 2.63. The number of nitrogens with zero attached hydrogens (tertiary/aromatic N) is 2. The van der Waals surface area contributed by atoms with Gasteiger partial charge in [0.1, 0.15) is 5.82 Å². The van der Waals surface area contributed by atoms with Gasteiger partial charge in [-0.2, -0.15) is 0 Å². The van der Waals surface area contributed by atoms with Gasteiger partial charge in [-0.25, -0.2) is 4.98 Å². The molecular formula is C20H28N4O2. The third-order valence-electron chi connectivity index (χ3n) is 4.18. The van der Waals surface area contributed by atoms with E-state index in [9.17, 15) is 4.79 Å².